The Kier molecular flexibility index (Phi) is 4.81. The van der Waals surface area contributed by atoms with E-state index in [1.807, 2.05) is 60.7 Å². The molecule has 0 aromatic heterocycles. The summed E-state index contributed by atoms with van der Waals surface area (Å²) in [6, 6.07) is 24.3. The van der Waals surface area contributed by atoms with Gasteiger partial charge < -0.3 is 15.4 Å². The summed E-state index contributed by atoms with van der Waals surface area (Å²) in [5.41, 5.74) is 2.67. The molecule has 0 saturated heterocycles. The molecule has 4 nitrogen and oxygen atoms in total. The summed E-state index contributed by atoms with van der Waals surface area (Å²) in [5.74, 6) is 0.380. The van der Waals surface area contributed by atoms with Crippen LogP contribution >= 0.6 is 11.6 Å². The van der Waals surface area contributed by atoms with Crippen LogP contribution in [0.4, 0.5) is 11.4 Å². The minimum absolute atomic E-state index is 0.129. The van der Waals surface area contributed by atoms with Crippen LogP contribution in [0.25, 0.3) is 0 Å². The second-order valence-corrected chi connectivity index (χ2v) is 6.52. The molecule has 1 aliphatic heterocycles. The predicted octanol–water partition coefficient (Wildman–Crippen LogP) is 5.35. The van der Waals surface area contributed by atoms with E-state index in [-0.39, 0.29) is 5.78 Å². The number of hydrogen-bond donors (Lipinski definition) is 2. The van der Waals surface area contributed by atoms with Crippen LogP contribution in [0, 0.1) is 0 Å². The van der Waals surface area contributed by atoms with Gasteiger partial charge in [-0.05, 0) is 42.5 Å². The average Bonchev–Trinajstić information content (AvgIpc) is 2.70. The van der Waals surface area contributed by atoms with Crippen molar-refractivity contribution in [2.45, 2.75) is 6.23 Å². The first-order valence-electron chi connectivity index (χ1n) is 8.55. The normalized spacial score (nSPS) is 17.1. The van der Waals surface area contributed by atoms with E-state index in [9.17, 15) is 4.79 Å². The molecule has 0 amide bonds. The number of fused-ring (bicyclic) bond motifs is 1. The van der Waals surface area contributed by atoms with E-state index >= 15 is 0 Å². The van der Waals surface area contributed by atoms with Crippen molar-refractivity contribution >= 4 is 28.8 Å². The Balaban J connectivity index is 1.69. The molecule has 0 radical (unpaired) electrons. The predicted molar refractivity (Wildman–Crippen MR) is 108 cm³/mol. The van der Waals surface area contributed by atoms with Crippen LogP contribution in [-0.4, -0.2) is 12.0 Å². The van der Waals surface area contributed by atoms with Gasteiger partial charge in [0.15, 0.2) is 5.78 Å². The Labute approximate surface area is 162 Å². The second kappa shape index (κ2) is 7.56. The van der Waals surface area contributed by atoms with Crippen molar-refractivity contribution in [1.82, 2.24) is 0 Å². The largest absolute Gasteiger partial charge is 0.466 e. The van der Waals surface area contributed by atoms with Gasteiger partial charge in [-0.3, -0.25) is 4.79 Å². The molecule has 1 heterocycles. The molecule has 27 heavy (non-hydrogen) atoms. The van der Waals surface area contributed by atoms with E-state index in [1.165, 1.54) is 0 Å². The monoisotopic (exact) mass is 376 g/mol. The summed E-state index contributed by atoms with van der Waals surface area (Å²) < 4.78 is 6.06. The van der Waals surface area contributed by atoms with Gasteiger partial charge in [-0.25, -0.2) is 0 Å². The summed E-state index contributed by atoms with van der Waals surface area (Å²) in [7, 11) is 0. The van der Waals surface area contributed by atoms with E-state index in [0.29, 0.717) is 21.9 Å². The van der Waals surface area contributed by atoms with E-state index in [0.717, 1.165) is 11.4 Å². The molecule has 3 aromatic rings. The molecular weight excluding hydrogens is 360 g/mol. The molecule has 0 aliphatic carbocycles. The van der Waals surface area contributed by atoms with Crippen molar-refractivity contribution in [3.63, 3.8) is 0 Å². The molecular formula is C22H17ClN2O2. The fourth-order valence-electron chi connectivity index (χ4n) is 2.88. The highest BCUT2D eigenvalue weighted by molar-refractivity contribution is 6.31. The lowest BCUT2D eigenvalue weighted by Gasteiger charge is -2.29. The lowest BCUT2D eigenvalue weighted by Crippen LogP contribution is -2.37. The highest BCUT2D eigenvalue weighted by Gasteiger charge is 2.32. The number of hydrogen-bond acceptors (Lipinski definition) is 4. The fourth-order valence-corrected chi connectivity index (χ4v) is 3.05. The number of nitrogens with one attached hydrogen (secondary N) is 2. The number of para-hydroxylation sites is 2. The van der Waals surface area contributed by atoms with Gasteiger partial charge in [0.25, 0.3) is 0 Å². The quantitative estimate of drug-likeness (QED) is 0.603. The molecule has 0 spiro atoms. The number of carbonyl (C=O) groups is 1. The van der Waals surface area contributed by atoms with Crippen LogP contribution < -0.4 is 15.4 Å². The Morgan fingerprint density at radius 1 is 0.889 bits per heavy atom. The van der Waals surface area contributed by atoms with Gasteiger partial charge in [-0.2, -0.15) is 0 Å². The maximum Gasteiger partial charge on any atom is 0.201 e. The van der Waals surface area contributed by atoms with Gasteiger partial charge in [-0.1, -0.05) is 48.0 Å². The number of anilines is 2. The highest BCUT2D eigenvalue weighted by Crippen LogP contribution is 2.33. The standard InChI is InChI=1S/C22H17ClN2O2/c23-15-11-12-20-18(13-15)21(26)19(14-24-16-7-3-1-4-8-16)22(27-20)25-17-9-5-2-6-10-17/h1-14,22,24-25H/b19-14+. The first-order chi connectivity index (χ1) is 13.2. The summed E-state index contributed by atoms with van der Waals surface area (Å²) >= 11 is 6.07. The third-order valence-electron chi connectivity index (χ3n) is 4.22. The van der Waals surface area contributed by atoms with Crippen LogP contribution in [0.1, 0.15) is 10.4 Å². The van der Waals surface area contributed by atoms with Gasteiger partial charge >= 0.3 is 0 Å². The molecule has 3 aromatic carbocycles. The van der Waals surface area contributed by atoms with Crippen LogP contribution in [0.2, 0.25) is 5.02 Å². The zero-order valence-electron chi connectivity index (χ0n) is 14.4. The molecule has 2 N–H and O–H groups in total. The molecule has 0 saturated carbocycles. The van der Waals surface area contributed by atoms with Crippen molar-refractivity contribution < 1.29 is 9.53 Å². The fraction of sp³-hybridized carbons (Fsp3) is 0.0455. The number of carbonyl (C=O) groups excluding carboxylic acids is 1. The van der Waals surface area contributed by atoms with Crippen LogP contribution in [0.15, 0.2) is 90.6 Å². The maximum absolute atomic E-state index is 13.1. The van der Waals surface area contributed by atoms with Crippen LogP contribution in [-0.2, 0) is 0 Å². The Hall–Kier alpha value is -3.24. The first-order valence-corrected chi connectivity index (χ1v) is 8.92. The molecule has 1 unspecified atom stereocenters. The molecule has 5 heteroatoms. The number of rotatable bonds is 4. The lowest BCUT2D eigenvalue weighted by molar-refractivity contribution is 0.0973. The molecule has 134 valence electrons. The van der Waals surface area contributed by atoms with Gasteiger partial charge in [0, 0.05) is 22.6 Å². The van der Waals surface area contributed by atoms with Gasteiger partial charge in [0.1, 0.15) is 5.75 Å². The first kappa shape index (κ1) is 17.2. The number of halogens is 1. The molecule has 0 fully saturated rings. The lowest BCUT2D eigenvalue weighted by atomic mass is 9.98. The van der Waals surface area contributed by atoms with E-state index in [4.69, 9.17) is 16.3 Å². The van der Waals surface area contributed by atoms with Crippen molar-refractivity contribution in [2.75, 3.05) is 10.6 Å². The summed E-state index contributed by atoms with van der Waals surface area (Å²) in [6.45, 7) is 0. The number of benzene rings is 3. The van der Waals surface area contributed by atoms with Crippen molar-refractivity contribution in [2.24, 2.45) is 0 Å². The Bertz CT molecular complexity index is 988. The van der Waals surface area contributed by atoms with Crippen molar-refractivity contribution in [3.8, 4) is 5.75 Å². The van der Waals surface area contributed by atoms with E-state index in [2.05, 4.69) is 10.6 Å². The number of ketones is 1. The summed E-state index contributed by atoms with van der Waals surface area (Å²) in [4.78, 5) is 13.1. The number of ether oxygens (including phenoxy) is 1. The zero-order chi connectivity index (χ0) is 18.6. The SMILES string of the molecule is O=C1/C(=C\Nc2ccccc2)C(Nc2ccccc2)Oc2ccc(Cl)cc21. The molecule has 1 atom stereocenters. The third kappa shape index (κ3) is 3.81. The third-order valence-corrected chi connectivity index (χ3v) is 4.45. The van der Waals surface area contributed by atoms with Gasteiger partial charge in [-0.15, -0.1) is 0 Å². The molecule has 4 rings (SSSR count). The molecule has 1 aliphatic rings. The maximum atomic E-state index is 13.1. The molecule has 0 bridgehead atoms. The smallest absolute Gasteiger partial charge is 0.201 e. The highest BCUT2D eigenvalue weighted by atomic mass is 35.5. The van der Waals surface area contributed by atoms with Crippen molar-refractivity contribution in [1.29, 1.82) is 0 Å². The zero-order valence-corrected chi connectivity index (χ0v) is 15.1. The van der Waals surface area contributed by atoms with E-state index in [1.54, 1.807) is 24.4 Å². The Morgan fingerprint density at radius 3 is 2.26 bits per heavy atom. The van der Waals surface area contributed by atoms with Crippen LogP contribution in [0.5, 0.6) is 5.75 Å². The Morgan fingerprint density at radius 2 is 1.56 bits per heavy atom. The van der Waals surface area contributed by atoms with Gasteiger partial charge in [0.2, 0.25) is 6.23 Å². The summed E-state index contributed by atoms with van der Waals surface area (Å²) in [6.07, 6.45) is 1.06. The van der Waals surface area contributed by atoms with Crippen LogP contribution in [0.3, 0.4) is 0 Å². The average molecular weight is 377 g/mol. The van der Waals surface area contributed by atoms with Crippen molar-refractivity contribution in [3.05, 3.63) is 101 Å². The topological polar surface area (TPSA) is 50.4 Å². The minimum atomic E-state index is -0.621. The minimum Gasteiger partial charge on any atom is -0.466 e. The van der Waals surface area contributed by atoms with E-state index < -0.39 is 6.23 Å². The summed E-state index contributed by atoms with van der Waals surface area (Å²) in [5, 5.41) is 6.93. The number of Topliss-reactive ketones (excluding diaryl/α,β-unsaturated/α-hetero) is 1. The van der Waals surface area contributed by atoms with Gasteiger partial charge in [0.05, 0.1) is 11.1 Å². The second-order valence-electron chi connectivity index (χ2n) is 6.09.